The minimum Gasteiger partial charge on any atom is -0.349 e. The number of rotatable bonds is 5. The fourth-order valence-corrected chi connectivity index (χ4v) is 7.46. The van der Waals surface area contributed by atoms with Gasteiger partial charge in [0.2, 0.25) is 5.91 Å². The maximum atomic E-state index is 13.8. The van der Waals surface area contributed by atoms with E-state index in [1.165, 1.54) is 36.7 Å². The van der Waals surface area contributed by atoms with Gasteiger partial charge in [0.05, 0.1) is 17.1 Å². The fraction of sp³-hybridized carbons (Fsp3) is 0.464. The number of benzene rings is 2. The smallest absolute Gasteiger partial charge is 0.226 e. The predicted molar refractivity (Wildman–Crippen MR) is 128 cm³/mol. The molecule has 33 heavy (non-hydrogen) atoms. The molecule has 170 valence electrons. The molecule has 0 saturated heterocycles. The Labute approximate surface area is 195 Å². The molecule has 4 fully saturated rings. The van der Waals surface area contributed by atoms with Crippen LogP contribution in [0.25, 0.3) is 5.69 Å². The molecule has 1 heterocycles. The molecule has 0 radical (unpaired) electrons. The van der Waals surface area contributed by atoms with Crippen molar-refractivity contribution in [2.75, 3.05) is 0 Å². The summed E-state index contributed by atoms with van der Waals surface area (Å²) in [6.07, 6.45) is 10.1. The van der Waals surface area contributed by atoms with Crippen LogP contribution in [0, 0.1) is 24.2 Å². The Kier molecular flexibility index (Phi) is 4.72. The Morgan fingerprint density at radius 2 is 1.73 bits per heavy atom. The quantitative estimate of drug-likeness (QED) is 0.586. The topological polar surface area (TPSA) is 59.8 Å². The first kappa shape index (κ1) is 20.6. The number of aromatic nitrogens is 3. The molecular formula is C28H32N4O. The average Bonchev–Trinajstić information content (AvgIpc) is 3.34. The molecule has 4 saturated carbocycles. The summed E-state index contributed by atoms with van der Waals surface area (Å²) in [6, 6.07) is 17.3. The fourth-order valence-electron chi connectivity index (χ4n) is 7.46. The van der Waals surface area contributed by atoms with E-state index in [9.17, 15) is 4.79 Å². The molecule has 5 heteroatoms. The lowest BCUT2D eigenvalue weighted by Gasteiger charge is -2.61. The summed E-state index contributed by atoms with van der Waals surface area (Å²) >= 11 is 0. The number of nitrogens with one attached hydrogen (secondary N) is 1. The van der Waals surface area contributed by atoms with E-state index < -0.39 is 0 Å². The van der Waals surface area contributed by atoms with E-state index in [1.807, 2.05) is 12.1 Å². The third kappa shape index (κ3) is 3.49. The first-order chi connectivity index (χ1) is 15.9. The summed E-state index contributed by atoms with van der Waals surface area (Å²) in [5.74, 6) is 1.62. The van der Waals surface area contributed by atoms with Gasteiger partial charge < -0.3 is 5.32 Å². The zero-order valence-corrected chi connectivity index (χ0v) is 19.5. The van der Waals surface area contributed by atoms with Crippen molar-refractivity contribution in [3.63, 3.8) is 0 Å². The van der Waals surface area contributed by atoms with Crippen molar-refractivity contribution in [1.82, 2.24) is 20.1 Å². The molecule has 1 aromatic heterocycles. The van der Waals surface area contributed by atoms with Crippen LogP contribution in [0.15, 0.2) is 61.2 Å². The van der Waals surface area contributed by atoms with E-state index >= 15 is 0 Å². The van der Waals surface area contributed by atoms with Crippen LogP contribution < -0.4 is 5.32 Å². The third-order valence-electron chi connectivity index (χ3n) is 8.63. The lowest BCUT2D eigenvalue weighted by atomic mass is 9.42. The second-order valence-corrected chi connectivity index (χ2v) is 11.0. The monoisotopic (exact) mass is 440 g/mol. The van der Waals surface area contributed by atoms with E-state index in [1.54, 1.807) is 11.0 Å². The van der Waals surface area contributed by atoms with E-state index in [0.29, 0.717) is 11.8 Å². The summed E-state index contributed by atoms with van der Waals surface area (Å²) in [5, 5.41) is 7.60. The van der Waals surface area contributed by atoms with Crippen LogP contribution in [0.3, 0.4) is 0 Å². The molecule has 4 aliphatic carbocycles. The molecule has 7 rings (SSSR count). The highest BCUT2D eigenvalue weighted by Crippen LogP contribution is 2.65. The zero-order chi connectivity index (χ0) is 22.6. The molecule has 5 nitrogen and oxygen atoms in total. The van der Waals surface area contributed by atoms with Crippen LogP contribution in [0.1, 0.15) is 68.2 Å². The maximum Gasteiger partial charge on any atom is 0.226 e. The van der Waals surface area contributed by atoms with Crippen molar-refractivity contribution < 1.29 is 4.79 Å². The van der Waals surface area contributed by atoms with Gasteiger partial charge in [0.15, 0.2) is 0 Å². The Hall–Kier alpha value is -2.95. The first-order valence-electron chi connectivity index (χ1n) is 12.3. The van der Waals surface area contributed by atoms with E-state index in [0.717, 1.165) is 30.5 Å². The SMILES string of the molecule is Cc1ccc(C23CC4CC(CC(C(=O)NC(C)c5ccc(-n6cncn6)cc5)(C4)C2)C3)cc1. The first-order valence-corrected chi connectivity index (χ1v) is 12.3. The molecule has 1 amide bonds. The van der Waals surface area contributed by atoms with Gasteiger partial charge >= 0.3 is 0 Å². The molecule has 3 atom stereocenters. The Morgan fingerprint density at radius 3 is 2.36 bits per heavy atom. The van der Waals surface area contributed by atoms with Gasteiger partial charge in [-0.05, 0) is 92.9 Å². The van der Waals surface area contributed by atoms with E-state index in [2.05, 4.69) is 65.6 Å². The van der Waals surface area contributed by atoms with Crippen molar-refractivity contribution in [2.45, 2.75) is 63.8 Å². The third-order valence-corrected chi connectivity index (χ3v) is 8.63. The molecular weight excluding hydrogens is 408 g/mol. The minimum absolute atomic E-state index is 0.0226. The second-order valence-electron chi connectivity index (χ2n) is 11.0. The summed E-state index contributed by atoms with van der Waals surface area (Å²) in [6.45, 7) is 4.25. The second kappa shape index (κ2) is 7.54. The van der Waals surface area contributed by atoms with Gasteiger partial charge in [-0.25, -0.2) is 9.67 Å². The van der Waals surface area contributed by atoms with Crippen molar-refractivity contribution in [3.8, 4) is 5.69 Å². The molecule has 0 aliphatic heterocycles. The van der Waals surface area contributed by atoms with Crippen LogP contribution in [0.4, 0.5) is 0 Å². The largest absolute Gasteiger partial charge is 0.349 e. The number of carbonyl (C=O) groups is 1. The standard InChI is InChI=1S/C28H32N4O/c1-19-3-7-24(8-4-19)27-12-21-11-22(13-27)15-28(14-21,16-27)26(33)31-20(2)23-5-9-25(10-6-23)32-18-29-17-30-32/h3-10,17-18,20-22H,11-16H2,1-2H3,(H,31,33). The number of hydrogen-bond acceptors (Lipinski definition) is 3. The highest BCUT2D eigenvalue weighted by atomic mass is 16.2. The zero-order valence-electron chi connectivity index (χ0n) is 19.5. The van der Waals surface area contributed by atoms with Crippen LogP contribution in [-0.4, -0.2) is 20.7 Å². The van der Waals surface area contributed by atoms with Crippen LogP contribution >= 0.6 is 0 Å². The van der Waals surface area contributed by atoms with E-state index in [-0.39, 0.29) is 22.8 Å². The van der Waals surface area contributed by atoms with Crippen molar-refractivity contribution in [2.24, 2.45) is 17.3 Å². The van der Waals surface area contributed by atoms with E-state index in [4.69, 9.17) is 0 Å². The predicted octanol–water partition coefficient (Wildman–Crippen LogP) is 5.29. The Morgan fingerprint density at radius 1 is 1.03 bits per heavy atom. The minimum atomic E-state index is -0.218. The Balaban J connectivity index is 1.22. The molecule has 0 spiro atoms. The van der Waals surface area contributed by atoms with Gasteiger partial charge in [-0.15, -0.1) is 0 Å². The van der Waals surface area contributed by atoms with Gasteiger partial charge in [-0.3, -0.25) is 4.79 Å². The number of carbonyl (C=O) groups excluding carboxylic acids is 1. The van der Waals surface area contributed by atoms with Crippen LogP contribution in [0.5, 0.6) is 0 Å². The summed E-state index contributed by atoms with van der Waals surface area (Å²) in [5.41, 5.74) is 4.80. The van der Waals surface area contributed by atoms with Crippen molar-refractivity contribution in [3.05, 3.63) is 77.9 Å². The van der Waals surface area contributed by atoms with Gasteiger partial charge in [0.25, 0.3) is 0 Å². The van der Waals surface area contributed by atoms with Crippen molar-refractivity contribution >= 4 is 5.91 Å². The highest BCUT2D eigenvalue weighted by molar-refractivity contribution is 5.84. The van der Waals surface area contributed by atoms with Crippen molar-refractivity contribution in [1.29, 1.82) is 0 Å². The number of nitrogens with zero attached hydrogens (tertiary/aromatic N) is 3. The number of aryl methyl sites for hydroxylation is 1. The van der Waals surface area contributed by atoms with Crippen LogP contribution in [0.2, 0.25) is 0 Å². The van der Waals surface area contributed by atoms with Gasteiger partial charge in [-0.1, -0.05) is 42.0 Å². The summed E-state index contributed by atoms with van der Waals surface area (Å²) in [7, 11) is 0. The molecule has 3 aromatic rings. The summed E-state index contributed by atoms with van der Waals surface area (Å²) < 4.78 is 1.74. The maximum absolute atomic E-state index is 13.8. The molecule has 1 N–H and O–H groups in total. The van der Waals surface area contributed by atoms with Crippen LogP contribution in [-0.2, 0) is 10.2 Å². The van der Waals surface area contributed by atoms with Gasteiger partial charge in [0.1, 0.15) is 12.7 Å². The number of amides is 1. The number of hydrogen-bond donors (Lipinski definition) is 1. The highest BCUT2D eigenvalue weighted by Gasteiger charge is 2.60. The molecule has 4 bridgehead atoms. The molecule has 4 aliphatic rings. The Bertz CT molecular complexity index is 1140. The molecule has 2 aromatic carbocycles. The lowest BCUT2D eigenvalue weighted by molar-refractivity contribution is -0.149. The summed E-state index contributed by atoms with van der Waals surface area (Å²) in [4.78, 5) is 17.8. The normalized spacial score (nSPS) is 30.8. The van der Waals surface area contributed by atoms with Gasteiger partial charge in [-0.2, -0.15) is 5.10 Å². The average molecular weight is 441 g/mol. The molecule has 3 unspecified atom stereocenters. The van der Waals surface area contributed by atoms with Gasteiger partial charge in [0, 0.05) is 0 Å². The lowest BCUT2D eigenvalue weighted by Crippen LogP contribution is -2.59.